The minimum atomic E-state index is -0.361. The standard InChI is InChI=1S/C22H21Cl2NO3/c1-4-28-22(26)14(2)11-19-18-12-17(27-3)9-10-20(18)25(21(19)24)13-15-5-7-16(23)8-6-15/h5-12H,4,13H2,1-3H3/b14-11+. The lowest BCUT2D eigenvalue weighted by molar-refractivity contribution is -0.138. The summed E-state index contributed by atoms with van der Waals surface area (Å²) >= 11 is 12.7. The van der Waals surface area contributed by atoms with Crippen molar-refractivity contribution in [2.45, 2.75) is 20.4 Å². The summed E-state index contributed by atoms with van der Waals surface area (Å²) < 4.78 is 12.5. The molecule has 0 unspecified atom stereocenters. The summed E-state index contributed by atoms with van der Waals surface area (Å²) in [4.78, 5) is 12.1. The lowest BCUT2D eigenvalue weighted by atomic mass is 10.1. The van der Waals surface area contributed by atoms with Gasteiger partial charge < -0.3 is 14.0 Å². The fourth-order valence-electron chi connectivity index (χ4n) is 3.04. The van der Waals surface area contributed by atoms with Crippen LogP contribution in [0.4, 0.5) is 0 Å². The molecule has 0 aliphatic carbocycles. The minimum Gasteiger partial charge on any atom is -0.497 e. The monoisotopic (exact) mass is 417 g/mol. The Hall–Kier alpha value is -2.43. The third kappa shape index (κ3) is 4.18. The van der Waals surface area contributed by atoms with Gasteiger partial charge >= 0.3 is 5.97 Å². The number of esters is 1. The molecule has 3 aromatic rings. The molecule has 1 aromatic heterocycles. The SMILES string of the molecule is CCOC(=O)/C(C)=C/c1c(Cl)n(Cc2ccc(Cl)cc2)c2ccc(OC)cc12. The molecule has 0 saturated carbocycles. The molecule has 3 rings (SSSR count). The molecule has 0 atom stereocenters. The van der Waals surface area contributed by atoms with E-state index < -0.39 is 0 Å². The van der Waals surface area contributed by atoms with Crippen LogP contribution in [0, 0.1) is 0 Å². The summed E-state index contributed by atoms with van der Waals surface area (Å²) in [5, 5.41) is 2.13. The molecular formula is C22H21Cl2NO3. The number of ether oxygens (including phenoxy) is 2. The second-order valence-electron chi connectivity index (χ2n) is 6.35. The van der Waals surface area contributed by atoms with Gasteiger partial charge in [0.2, 0.25) is 0 Å². The van der Waals surface area contributed by atoms with Gasteiger partial charge in [-0.1, -0.05) is 35.3 Å². The number of aromatic nitrogens is 1. The van der Waals surface area contributed by atoms with Crippen LogP contribution in [0.25, 0.3) is 17.0 Å². The van der Waals surface area contributed by atoms with Crippen molar-refractivity contribution >= 4 is 46.2 Å². The van der Waals surface area contributed by atoms with Gasteiger partial charge in [-0.15, -0.1) is 0 Å². The summed E-state index contributed by atoms with van der Waals surface area (Å²) in [6, 6.07) is 13.4. The number of nitrogens with zero attached hydrogens (tertiary/aromatic N) is 1. The average molecular weight is 418 g/mol. The third-order valence-electron chi connectivity index (χ3n) is 4.46. The average Bonchev–Trinajstić information content (AvgIpc) is 2.94. The van der Waals surface area contributed by atoms with Gasteiger partial charge in [-0.3, -0.25) is 0 Å². The molecule has 4 nitrogen and oxygen atoms in total. The van der Waals surface area contributed by atoms with E-state index in [9.17, 15) is 4.79 Å². The molecule has 0 aliphatic rings. The predicted octanol–water partition coefficient (Wildman–Crippen LogP) is 5.97. The van der Waals surface area contributed by atoms with Crippen LogP contribution in [0.2, 0.25) is 10.2 Å². The number of hydrogen-bond donors (Lipinski definition) is 0. The minimum absolute atomic E-state index is 0.323. The number of halogens is 2. The van der Waals surface area contributed by atoms with Crippen LogP contribution in [0.15, 0.2) is 48.0 Å². The molecule has 0 amide bonds. The highest BCUT2D eigenvalue weighted by Gasteiger charge is 2.17. The van der Waals surface area contributed by atoms with Gasteiger partial charge in [0.05, 0.1) is 19.2 Å². The molecule has 0 saturated heterocycles. The zero-order valence-electron chi connectivity index (χ0n) is 16.0. The van der Waals surface area contributed by atoms with Crippen molar-refractivity contribution in [1.82, 2.24) is 4.57 Å². The van der Waals surface area contributed by atoms with Crippen molar-refractivity contribution in [3.8, 4) is 5.75 Å². The molecule has 0 bridgehead atoms. The number of methoxy groups -OCH3 is 1. The summed E-state index contributed by atoms with van der Waals surface area (Å²) in [6.45, 7) is 4.40. The Morgan fingerprint density at radius 2 is 1.86 bits per heavy atom. The highest BCUT2D eigenvalue weighted by molar-refractivity contribution is 6.33. The Labute approximate surface area is 174 Å². The Morgan fingerprint density at radius 3 is 2.50 bits per heavy atom. The molecule has 6 heteroatoms. The molecule has 0 spiro atoms. The molecular weight excluding hydrogens is 397 g/mol. The molecule has 146 valence electrons. The van der Waals surface area contributed by atoms with Crippen LogP contribution < -0.4 is 4.74 Å². The molecule has 0 aliphatic heterocycles. The number of carbonyl (C=O) groups is 1. The van der Waals surface area contributed by atoms with E-state index in [0.29, 0.717) is 28.9 Å². The van der Waals surface area contributed by atoms with E-state index in [1.807, 2.05) is 47.0 Å². The van der Waals surface area contributed by atoms with Crippen molar-refractivity contribution in [3.63, 3.8) is 0 Å². The van der Waals surface area contributed by atoms with Crippen molar-refractivity contribution in [2.75, 3.05) is 13.7 Å². The van der Waals surface area contributed by atoms with Crippen molar-refractivity contribution in [2.24, 2.45) is 0 Å². The zero-order chi connectivity index (χ0) is 20.3. The lowest BCUT2D eigenvalue weighted by Crippen LogP contribution is -2.04. The Balaban J connectivity index is 2.14. The van der Waals surface area contributed by atoms with Crippen molar-refractivity contribution in [3.05, 3.63) is 69.3 Å². The van der Waals surface area contributed by atoms with Gasteiger partial charge in [0.1, 0.15) is 10.9 Å². The van der Waals surface area contributed by atoms with Gasteiger partial charge in [-0.25, -0.2) is 4.79 Å². The summed E-state index contributed by atoms with van der Waals surface area (Å²) in [5.41, 5.74) is 3.26. The maximum Gasteiger partial charge on any atom is 0.333 e. The molecule has 28 heavy (non-hydrogen) atoms. The maximum absolute atomic E-state index is 12.1. The fraction of sp³-hybridized carbons (Fsp3) is 0.227. The van der Waals surface area contributed by atoms with E-state index in [1.165, 1.54) is 0 Å². The van der Waals surface area contributed by atoms with Crippen LogP contribution in [-0.2, 0) is 16.1 Å². The molecule has 0 N–H and O–H groups in total. The highest BCUT2D eigenvalue weighted by Crippen LogP contribution is 2.35. The fourth-order valence-corrected chi connectivity index (χ4v) is 3.47. The summed E-state index contributed by atoms with van der Waals surface area (Å²) in [7, 11) is 1.62. The first kappa shape index (κ1) is 20.3. The Morgan fingerprint density at radius 1 is 1.14 bits per heavy atom. The van der Waals surface area contributed by atoms with Gasteiger partial charge in [0, 0.05) is 28.1 Å². The highest BCUT2D eigenvalue weighted by atomic mass is 35.5. The second-order valence-corrected chi connectivity index (χ2v) is 7.14. The van der Waals surface area contributed by atoms with Crippen LogP contribution in [0.3, 0.4) is 0 Å². The number of fused-ring (bicyclic) bond motifs is 1. The van der Waals surface area contributed by atoms with E-state index >= 15 is 0 Å². The first-order valence-corrected chi connectivity index (χ1v) is 9.65. The van der Waals surface area contributed by atoms with E-state index in [4.69, 9.17) is 32.7 Å². The lowest BCUT2D eigenvalue weighted by Gasteiger charge is -2.08. The second kappa shape index (κ2) is 8.72. The topological polar surface area (TPSA) is 40.5 Å². The Kier molecular flexibility index (Phi) is 6.32. The van der Waals surface area contributed by atoms with Gasteiger partial charge in [-0.2, -0.15) is 0 Å². The van der Waals surface area contributed by atoms with E-state index in [-0.39, 0.29) is 5.97 Å². The number of hydrogen-bond acceptors (Lipinski definition) is 3. The normalized spacial score (nSPS) is 11.7. The molecule has 2 aromatic carbocycles. The summed E-state index contributed by atoms with van der Waals surface area (Å²) in [6.07, 6.45) is 1.76. The maximum atomic E-state index is 12.1. The van der Waals surface area contributed by atoms with Crippen LogP contribution in [0.5, 0.6) is 5.75 Å². The quantitative estimate of drug-likeness (QED) is 0.366. The molecule has 0 fully saturated rings. The van der Waals surface area contributed by atoms with E-state index in [1.54, 1.807) is 27.0 Å². The van der Waals surface area contributed by atoms with Crippen molar-refractivity contribution < 1.29 is 14.3 Å². The first-order chi connectivity index (χ1) is 13.4. The van der Waals surface area contributed by atoms with E-state index in [2.05, 4.69) is 0 Å². The number of benzene rings is 2. The smallest absolute Gasteiger partial charge is 0.333 e. The van der Waals surface area contributed by atoms with Gasteiger partial charge in [0.15, 0.2) is 0 Å². The first-order valence-electron chi connectivity index (χ1n) is 8.90. The Bertz CT molecular complexity index is 1040. The predicted molar refractivity (Wildman–Crippen MR) is 114 cm³/mol. The van der Waals surface area contributed by atoms with Crippen LogP contribution in [-0.4, -0.2) is 24.3 Å². The summed E-state index contributed by atoms with van der Waals surface area (Å²) in [5.74, 6) is 0.358. The molecule has 0 radical (unpaired) electrons. The third-order valence-corrected chi connectivity index (χ3v) is 5.12. The van der Waals surface area contributed by atoms with Crippen LogP contribution >= 0.6 is 23.2 Å². The van der Waals surface area contributed by atoms with Gasteiger partial charge in [-0.05, 0) is 55.8 Å². The number of carbonyl (C=O) groups excluding carboxylic acids is 1. The van der Waals surface area contributed by atoms with Crippen molar-refractivity contribution in [1.29, 1.82) is 0 Å². The molecule has 1 heterocycles. The van der Waals surface area contributed by atoms with E-state index in [0.717, 1.165) is 27.8 Å². The zero-order valence-corrected chi connectivity index (χ0v) is 17.5. The number of rotatable bonds is 6. The largest absolute Gasteiger partial charge is 0.497 e. The van der Waals surface area contributed by atoms with Gasteiger partial charge in [0.25, 0.3) is 0 Å². The van der Waals surface area contributed by atoms with Crippen LogP contribution in [0.1, 0.15) is 25.0 Å².